The van der Waals surface area contributed by atoms with Crippen molar-refractivity contribution >= 4 is 21.8 Å². The third-order valence-corrected chi connectivity index (χ3v) is 10.1. The van der Waals surface area contributed by atoms with Crippen molar-refractivity contribution < 1.29 is 31.1 Å². The van der Waals surface area contributed by atoms with Gasteiger partial charge in [-0.2, -0.15) is 22.5 Å². The lowest BCUT2D eigenvalue weighted by Gasteiger charge is -2.31. The van der Waals surface area contributed by atoms with Gasteiger partial charge in [0.05, 0.1) is 13.2 Å². The fourth-order valence-corrected chi connectivity index (χ4v) is 7.33. The van der Waals surface area contributed by atoms with Gasteiger partial charge in [-0.1, -0.05) is 0 Å². The van der Waals surface area contributed by atoms with Crippen molar-refractivity contribution in [3.63, 3.8) is 0 Å². The van der Waals surface area contributed by atoms with Gasteiger partial charge in [-0.15, -0.1) is 0 Å². The highest BCUT2D eigenvalue weighted by Crippen LogP contribution is 2.36. The molecule has 2 bridgehead atoms. The SMILES string of the molecule is O=S(=O)(c1ccc(N2CCC3CCC(C2)N3)nc1)N1CCC(Nc2ncc(C(F)(F)F)c(O[C@H]3CCOC3)n2)CC1. The van der Waals surface area contributed by atoms with Crippen LogP contribution < -0.4 is 20.3 Å². The number of halogens is 3. The van der Waals surface area contributed by atoms with Crippen molar-refractivity contribution in [1.29, 1.82) is 0 Å². The molecule has 2 unspecified atom stereocenters. The van der Waals surface area contributed by atoms with E-state index >= 15 is 0 Å². The van der Waals surface area contributed by atoms with Crippen molar-refractivity contribution in [2.75, 3.05) is 49.6 Å². The van der Waals surface area contributed by atoms with Gasteiger partial charge in [-0.3, -0.25) is 0 Å². The summed E-state index contributed by atoms with van der Waals surface area (Å²) in [5.74, 6) is 0.247. The van der Waals surface area contributed by atoms with Crippen LogP contribution in [0.3, 0.4) is 0 Å². The molecule has 4 aliphatic rings. The molecular formula is C26H34F3N7O4S. The molecule has 2 N–H and O–H groups in total. The Morgan fingerprint density at radius 2 is 1.80 bits per heavy atom. The van der Waals surface area contributed by atoms with Gasteiger partial charge in [-0.25, -0.2) is 18.4 Å². The van der Waals surface area contributed by atoms with Crippen molar-refractivity contribution in [1.82, 2.24) is 24.6 Å². The van der Waals surface area contributed by atoms with Gasteiger partial charge in [0.1, 0.15) is 22.4 Å². The van der Waals surface area contributed by atoms with Crippen molar-refractivity contribution in [2.45, 2.75) is 73.8 Å². The summed E-state index contributed by atoms with van der Waals surface area (Å²) in [7, 11) is -3.74. The first-order valence-corrected chi connectivity index (χ1v) is 15.5. The molecule has 2 aromatic heterocycles. The van der Waals surface area contributed by atoms with E-state index < -0.39 is 33.7 Å². The average Bonchev–Trinajstić information content (AvgIpc) is 3.57. The number of alkyl halides is 3. The second-order valence-electron chi connectivity index (χ2n) is 11.1. The molecule has 0 amide bonds. The fourth-order valence-electron chi connectivity index (χ4n) is 5.92. The second-order valence-corrected chi connectivity index (χ2v) is 13.0. The topological polar surface area (TPSA) is 122 Å². The third kappa shape index (κ3) is 6.37. The maximum absolute atomic E-state index is 13.5. The first-order chi connectivity index (χ1) is 19.6. The Balaban J connectivity index is 1.07. The van der Waals surface area contributed by atoms with Gasteiger partial charge >= 0.3 is 6.18 Å². The van der Waals surface area contributed by atoms with E-state index in [0.717, 1.165) is 31.7 Å². The maximum Gasteiger partial charge on any atom is 0.423 e. The van der Waals surface area contributed by atoms with E-state index in [4.69, 9.17) is 9.47 Å². The molecule has 0 saturated carbocycles. The van der Waals surface area contributed by atoms with Gasteiger partial charge < -0.3 is 25.0 Å². The number of hydrogen-bond acceptors (Lipinski definition) is 10. The molecule has 11 nitrogen and oxygen atoms in total. The Bertz CT molecular complexity index is 1320. The van der Waals surface area contributed by atoms with Crippen LogP contribution in [0, 0.1) is 0 Å². The molecule has 15 heteroatoms. The third-order valence-electron chi connectivity index (χ3n) is 8.22. The number of aromatic nitrogens is 3. The highest BCUT2D eigenvalue weighted by molar-refractivity contribution is 7.89. The van der Waals surface area contributed by atoms with Gasteiger partial charge in [0.15, 0.2) is 0 Å². The maximum atomic E-state index is 13.5. The molecule has 3 atom stereocenters. The van der Waals surface area contributed by atoms with Gasteiger partial charge in [0, 0.05) is 63.1 Å². The molecule has 6 heterocycles. The lowest BCUT2D eigenvalue weighted by molar-refractivity contribution is -0.139. The number of nitrogens with one attached hydrogen (secondary N) is 2. The number of ether oxygens (including phenoxy) is 2. The monoisotopic (exact) mass is 597 g/mol. The van der Waals surface area contributed by atoms with Crippen LogP contribution in [0.4, 0.5) is 24.9 Å². The molecule has 4 fully saturated rings. The molecule has 0 aliphatic carbocycles. The van der Waals surface area contributed by atoms with Gasteiger partial charge in [0.25, 0.3) is 0 Å². The first-order valence-electron chi connectivity index (χ1n) is 14.1. The largest absolute Gasteiger partial charge is 0.471 e. The molecule has 224 valence electrons. The van der Waals surface area contributed by atoms with E-state index in [1.807, 2.05) is 0 Å². The second kappa shape index (κ2) is 11.5. The number of fused-ring (bicyclic) bond motifs is 2. The fraction of sp³-hybridized carbons (Fsp3) is 0.654. The standard InChI is InChI=1S/C26H34F3N7O4S/c27-26(28,29)22-14-31-25(34-24(22)40-20-8-12-39-16-20)33-18-6-10-36(11-7-18)41(37,38)21-3-4-23(30-13-21)35-9-5-17-1-2-19(15-35)32-17/h3-4,13-14,17-20,32H,1-2,5-12,15-16H2,(H,31,33,34)/t17?,19?,20-/m0/s1. The molecule has 4 saturated heterocycles. The van der Waals surface area contributed by atoms with Crippen molar-refractivity contribution in [3.05, 3.63) is 30.1 Å². The number of piperidine rings is 1. The van der Waals surface area contributed by atoms with Crippen LogP contribution in [0.2, 0.25) is 0 Å². The van der Waals surface area contributed by atoms with Gasteiger partial charge in [-0.05, 0) is 44.2 Å². The summed E-state index contributed by atoms with van der Waals surface area (Å²) in [5.41, 5.74) is -1.05. The smallest absolute Gasteiger partial charge is 0.423 e. The zero-order valence-electron chi connectivity index (χ0n) is 22.5. The summed E-state index contributed by atoms with van der Waals surface area (Å²) >= 11 is 0. The number of nitrogens with zero attached hydrogens (tertiary/aromatic N) is 5. The number of pyridine rings is 1. The Morgan fingerprint density at radius 3 is 2.51 bits per heavy atom. The Hall–Kier alpha value is -2.75. The lowest BCUT2D eigenvalue weighted by atomic mass is 10.1. The minimum Gasteiger partial charge on any atom is -0.471 e. The highest BCUT2D eigenvalue weighted by Gasteiger charge is 2.38. The predicted octanol–water partition coefficient (Wildman–Crippen LogP) is 2.65. The lowest BCUT2D eigenvalue weighted by Crippen LogP contribution is -2.42. The highest BCUT2D eigenvalue weighted by atomic mass is 32.2. The summed E-state index contributed by atoms with van der Waals surface area (Å²) in [4.78, 5) is 14.7. The number of anilines is 2. The van der Waals surface area contributed by atoms with Gasteiger partial charge in [0.2, 0.25) is 21.9 Å². The number of sulfonamides is 1. The Morgan fingerprint density at radius 1 is 1.00 bits per heavy atom. The molecule has 0 radical (unpaired) electrons. The zero-order valence-corrected chi connectivity index (χ0v) is 23.3. The minimum absolute atomic E-state index is 0.00458. The van der Waals surface area contributed by atoms with Crippen molar-refractivity contribution in [2.24, 2.45) is 0 Å². The zero-order chi connectivity index (χ0) is 28.6. The van der Waals surface area contributed by atoms with E-state index in [1.165, 1.54) is 16.9 Å². The summed E-state index contributed by atoms with van der Waals surface area (Å²) in [6, 6.07) is 4.17. The molecule has 0 aromatic carbocycles. The molecule has 41 heavy (non-hydrogen) atoms. The molecule has 2 aromatic rings. The van der Waals surface area contributed by atoms with Crippen LogP contribution in [-0.4, -0.2) is 91.3 Å². The first kappa shape index (κ1) is 28.4. The number of hydrogen-bond donors (Lipinski definition) is 2. The molecular weight excluding hydrogens is 563 g/mol. The molecule has 6 rings (SSSR count). The van der Waals surface area contributed by atoms with Crippen molar-refractivity contribution in [3.8, 4) is 5.88 Å². The summed E-state index contributed by atoms with van der Waals surface area (Å²) in [6.45, 7) is 2.85. The van der Waals surface area contributed by atoms with Crippen LogP contribution >= 0.6 is 0 Å². The van der Waals surface area contributed by atoms with E-state index in [1.54, 1.807) is 12.1 Å². The molecule has 0 spiro atoms. The van der Waals surface area contributed by atoms with Crippen LogP contribution in [0.5, 0.6) is 5.88 Å². The molecule has 4 aliphatic heterocycles. The van der Waals surface area contributed by atoms with Crippen LogP contribution in [0.1, 0.15) is 44.1 Å². The minimum atomic E-state index is -4.66. The normalized spacial score (nSPS) is 26.2. The van der Waals surface area contributed by atoms with Crippen LogP contribution in [0.15, 0.2) is 29.4 Å². The van der Waals surface area contributed by atoms with E-state index in [-0.39, 0.29) is 36.6 Å². The number of rotatable bonds is 7. The van der Waals surface area contributed by atoms with Crippen LogP contribution in [-0.2, 0) is 20.9 Å². The quantitative estimate of drug-likeness (QED) is 0.493. The Labute approximate surface area is 236 Å². The predicted molar refractivity (Wildman–Crippen MR) is 143 cm³/mol. The van der Waals surface area contributed by atoms with E-state index in [0.29, 0.717) is 44.1 Å². The van der Waals surface area contributed by atoms with E-state index in [2.05, 4.69) is 30.5 Å². The summed E-state index contributed by atoms with van der Waals surface area (Å²) < 4.78 is 79.2. The summed E-state index contributed by atoms with van der Waals surface area (Å²) in [5, 5.41) is 6.69. The summed E-state index contributed by atoms with van der Waals surface area (Å²) in [6.07, 6.45) is 1.72. The Kier molecular flexibility index (Phi) is 7.96. The average molecular weight is 598 g/mol. The van der Waals surface area contributed by atoms with E-state index in [9.17, 15) is 21.6 Å². The van der Waals surface area contributed by atoms with Crippen LogP contribution in [0.25, 0.3) is 0 Å².